The number of primary amides is 1. The van der Waals surface area contributed by atoms with E-state index in [1.807, 2.05) is 0 Å². The van der Waals surface area contributed by atoms with E-state index in [0.717, 1.165) is 6.07 Å². The van der Waals surface area contributed by atoms with Crippen LogP contribution in [0.1, 0.15) is 0 Å². The fourth-order valence-electron chi connectivity index (χ4n) is 1.02. The molecule has 0 spiro atoms. The predicted molar refractivity (Wildman–Crippen MR) is 62.2 cm³/mol. The summed E-state index contributed by atoms with van der Waals surface area (Å²) in [5.41, 5.74) is 11.0. The van der Waals surface area contributed by atoms with Crippen LogP contribution in [0.3, 0.4) is 0 Å². The van der Waals surface area contributed by atoms with Crippen LogP contribution in [0.25, 0.3) is 0 Å². The molecule has 1 atom stereocenters. The van der Waals surface area contributed by atoms with Crippen molar-refractivity contribution in [1.82, 2.24) is 0 Å². The molecule has 16 heavy (non-hydrogen) atoms. The molecule has 1 rings (SSSR count). The smallest absolute Gasteiger partial charge is 0.248 e. The Morgan fingerprint density at radius 1 is 1.62 bits per heavy atom. The number of anilines is 2. The summed E-state index contributed by atoms with van der Waals surface area (Å²) in [6.45, 7) is -0.0857. The summed E-state index contributed by atoms with van der Waals surface area (Å²) in [5, 5.41) is 11.8. The number of halogens is 2. The number of aliphatic hydroxyl groups excluding tert-OH is 1. The molecule has 0 aliphatic rings. The lowest BCUT2D eigenvalue weighted by molar-refractivity contribution is -0.125. The Balaban J connectivity index is 2.74. The molecule has 1 aromatic carbocycles. The molecule has 1 aromatic rings. The summed E-state index contributed by atoms with van der Waals surface area (Å²) >= 11 is 2.99. The van der Waals surface area contributed by atoms with Gasteiger partial charge in [0.2, 0.25) is 5.91 Å². The highest BCUT2D eigenvalue weighted by Crippen LogP contribution is 2.26. The topological polar surface area (TPSA) is 101 Å². The summed E-state index contributed by atoms with van der Waals surface area (Å²) in [5.74, 6) is -1.33. The van der Waals surface area contributed by atoms with E-state index >= 15 is 0 Å². The van der Waals surface area contributed by atoms with Gasteiger partial charge in [0.15, 0.2) is 0 Å². The molecule has 1 amide bonds. The number of hydrogen-bond donors (Lipinski definition) is 4. The normalized spacial score (nSPS) is 12.2. The molecular weight excluding hydrogens is 281 g/mol. The van der Waals surface area contributed by atoms with Crippen molar-refractivity contribution in [2.45, 2.75) is 6.10 Å². The lowest BCUT2D eigenvalue weighted by Gasteiger charge is -2.12. The van der Waals surface area contributed by atoms with Gasteiger partial charge in [-0.2, -0.15) is 0 Å². The first-order valence-electron chi connectivity index (χ1n) is 4.37. The number of nitrogen functional groups attached to an aromatic ring is 1. The zero-order valence-electron chi connectivity index (χ0n) is 8.21. The Morgan fingerprint density at radius 3 is 2.81 bits per heavy atom. The van der Waals surface area contributed by atoms with Crippen LogP contribution in [-0.4, -0.2) is 23.7 Å². The largest absolute Gasteiger partial charge is 0.397 e. The number of carbonyl (C=O) groups excluding carboxylic acids is 1. The van der Waals surface area contributed by atoms with E-state index in [-0.39, 0.29) is 16.7 Å². The molecule has 5 nitrogen and oxygen atoms in total. The van der Waals surface area contributed by atoms with Gasteiger partial charge in [-0.05, 0) is 22.0 Å². The molecular formula is C9H11BrFN3O2. The average molecular weight is 292 g/mol. The van der Waals surface area contributed by atoms with Crippen molar-refractivity contribution in [1.29, 1.82) is 0 Å². The first kappa shape index (κ1) is 12.7. The van der Waals surface area contributed by atoms with E-state index in [2.05, 4.69) is 21.2 Å². The molecule has 0 fully saturated rings. The highest BCUT2D eigenvalue weighted by molar-refractivity contribution is 9.10. The monoisotopic (exact) mass is 291 g/mol. The zero-order chi connectivity index (χ0) is 12.3. The van der Waals surface area contributed by atoms with Crippen molar-refractivity contribution in [3.8, 4) is 0 Å². The third-order valence-electron chi connectivity index (χ3n) is 1.91. The Labute approximate surface area is 99.7 Å². The Bertz CT molecular complexity index is 414. The van der Waals surface area contributed by atoms with Gasteiger partial charge < -0.3 is 21.9 Å². The maximum atomic E-state index is 13.0. The third-order valence-corrected chi connectivity index (χ3v) is 2.51. The predicted octanol–water partition coefficient (Wildman–Crippen LogP) is 0.428. The minimum atomic E-state index is -1.32. The second-order valence-corrected chi connectivity index (χ2v) is 4.01. The highest BCUT2D eigenvalue weighted by Gasteiger charge is 2.12. The van der Waals surface area contributed by atoms with E-state index in [9.17, 15) is 9.18 Å². The fourth-order valence-corrected chi connectivity index (χ4v) is 1.37. The van der Waals surface area contributed by atoms with Gasteiger partial charge in [0, 0.05) is 12.6 Å². The van der Waals surface area contributed by atoms with Gasteiger partial charge in [0.25, 0.3) is 0 Å². The second-order valence-electron chi connectivity index (χ2n) is 3.15. The molecule has 0 heterocycles. The summed E-state index contributed by atoms with van der Waals surface area (Å²) < 4.78 is 13.2. The molecule has 0 aliphatic carbocycles. The molecule has 0 aliphatic heterocycles. The molecule has 1 unspecified atom stereocenters. The third kappa shape index (κ3) is 3.07. The van der Waals surface area contributed by atoms with Crippen molar-refractivity contribution in [3.63, 3.8) is 0 Å². The molecule has 7 heteroatoms. The SMILES string of the molecule is NC(=O)C(O)CNc1cc(Br)c(F)cc1N. The van der Waals surface area contributed by atoms with Gasteiger partial charge in [-0.25, -0.2) is 4.39 Å². The Kier molecular flexibility index (Phi) is 4.08. The number of nitrogens with two attached hydrogens (primary N) is 2. The van der Waals surface area contributed by atoms with Crippen LogP contribution in [0.5, 0.6) is 0 Å². The molecule has 6 N–H and O–H groups in total. The quantitative estimate of drug-likeness (QED) is 0.604. The van der Waals surface area contributed by atoms with E-state index < -0.39 is 17.8 Å². The van der Waals surface area contributed by atoms with Gasteiger partial charge in [-0.15, -0.1) is 0 Å². The summed E-state index contributed by atoms with van der Waals surface area (Å²) in [6, 6.07) is 2.54. The summed E-state index contributed by atoms with van der Waals surface area (Å²) in [4.78, 5) is 10.6. The van der Waals surface area contributed by atoms with Crippen LogP contribution < -0.4 is 16.8 Å². The fraction of sp³-hybridized carbons (Fsp3) is 0.222. The van der Waals surface area contributed by atoms with Crippen molar-refractivity contribution in [3.05, 3.63) is 22.4 Å². The van der Waals surface area contributed by atoms with E-state index in [0.29, 0.717) is 5.69 Å². The van der Waals surface area contributed by atoms with Gasteiger partial charge in [0.05, 0.1) is 15.8 Å². The maximum absolute atomic E-state index is 13.0. The number of benzene rings is 1. The molecule has 0 radical (unpaired) electrons. The van der Waals surface area contributed by atoms with Crippen LogP contribution in [0.4, 0.5) is 15.8 Å². The van der Waals surface area contributed by atoms with Crippen molar-refractivity contribution >= 4 is 33.2 Å². The van der Waals surface area contributed by atoms with Gasteiger partial charge in [-0.3, -0.25) is 4.79 Å². The van der Waals surface area contributed by atoms with E-state index in [1.54, 1.807) is 0 Å². The highest BCUT2D eigenvalue weighted by atomic mass is 79.9. The van der Waals surface area contributed by atoms with Crippen LogP contribution >= 0.6 is 15.9 Å². The molecule has 88 valence electrons. The van der Waals surface area contributed by atoms with Gasteiger partial charge in [-0.1, -0.05) is 0 Å². The van der Waals surface area contributed by atoms with Crippen molar-refractivity contribution < 1.29 is 14.3 Å². The number of amides is 1. The number of rotatable bonds is 4. The van der Waals surface area contributed by atoms with Crippen LogP contribution in [0.2, 0.25) is 0 Å². The van der Waals surface area contributed by atoms with Crippen molar-refractivity contribution in [2.24, 2.45) is 5.73 Å². The Hall–Kier alpha value is -1.34. The van der Waals surface area contributed by atoms with Crippen LogP contribution in [0, 0.1) is 5.82 Å². The lowest BCUT2D eigenvalue weighted by atomic mass is 10.2. The van der Waals surface area contributed by atoms with Crippen molar-refractivity contribution in [2.75, 3.05) is 17.6 Å². The van der Waals surface area contributed by atoms with E-state index in [1.165, 1.54) is 6.07 Å². The number of aliphatic hydroxyl groups is 1. The average Bonchev–Trinajstić information content (AvgIpc) is 2.20. The zero-order valence-corrected chi connectivity index (χ0v) is 9.79. The molecule has 0 saturated heterocycles. The number of carbonyl (C=O) groups is 1. The molecule has 0 aromatic heterocycles. The summed E-state index contributed by atoms with van der Waals surface area (Å²) in [7, 11) is 0. The standard InChI is InChI=1S/C9H11BrFN3O2/c10-4-1-7(6(12)2-5(4)11)14-3-8(15)9(13)16/h1-2,8,14-15H,3,12H2,(H2,13,16). The number of nitrogens with one attached hydrogen (secondary N) is 1. The van der Waals surface area contributed by atoms with E-state index in [4.69, 9.17) is 16.6 Å². The number of hydrogen-bond acceptors (Lipinski definition) is 4. The first-order chi connectivity index (χ1) is 7.41. The molecule has 0 saturated carbocycles. The molecule has 0 bridgehead atoms. The van der Waals surface area contributed by atoms with Crippen LogP contribution in [0.15, 0.2) is 16.6 Å². The lowest BCUT2D eigenvalue weighted by Crippen LogP contribution is -2.34. The second kappa shape index (κ2) is 5.13. The summed E-state index contributed by atoms with van der Waals surface area (Å²) in [6.07, 6.45) is -1.32. The van der Waals surface area contributed by atoms with Gasteiger partial charge in [0.1, 0.15) is 11.9 Å². The van der Waals surface area contributed by atoms with Crippen LogP contribution in [-0.2, 0) is 4.79 Å². The minimum Gasteiger partial charge on any atom is -0.397 e. The Morgan fingerprint density at radius 2 is 2.25 bits per heavy atom. The first-order valence-corrected chi connectivity index (χ1v) is 5.17. The maximum Gasteiger partial charge on any atom is 0.248 e. The minimum absolute atomic E-state index is 0.0857. The van der Waals surface area contributed by atoms with Gasteiger partial charge >= 0.3 is 0 Å².